The van der Waals surface area contributed by atoms with E-state index in [1.807, 2.05) is 24.3 Å². The molecular formula is C15H13IO3S. The molecule has 20 heavy (non-hydrogen) atoms. The van der Waals surface area contributed by atoms with Crippen LogP contribution in [0.25, 0.3) is 6.08 Å². The Morgan fingerprint density at radius 1 is 1.05 bits per heavy atom. The number of hydrogen-bond acceptors (Lipinski definition) is 3. The van der Waals surface area contributed by atoms with Crippen LogP contribution in [0.3, 0.4) is 0 Å². The molecule has 0 aliphatic rings. The normalized spacial score (nSPS) is 11.7. The van der Waals surface area contributed by atoms with E-state index in [0.29, 0.717) is 5.75 Å². The van der Waals surface area contributed by atoms with E-state index in [2.05, 4.69) is 22.6 Å². The Morgan fingerprint density at radius 2 is 1.70 bits per heavy atom. The van der Waals surface area contributed by atoms with Crippen molar-refractivity contribution >= 4 is 38.5 Å². The average Bonchev–Trinajstić information content (AvgIpc) is 2.46. The fourth-order valence-electron chi connectivity index (χ4n) is 1.62. The summed E-state index contributed by atoms with van der Waals surface area (Å²) in [5, 5.41) is 1.23. The Hall–Kier alpha value is -1.34. The minimum atomic E-state index is -3.44. The van der Waals surface area contributed by atoms with E-state index < -0.39 is 9.84 Å². The summed E-state index contributed by atoms with van der Waals surface area (Å²) in [6.07, 6.45) is 1.61. The average molecular weight is 400 g/mol. The first-order chi connectivity index (χ1) is 9.53. The lowest BCUT2D eigenvalue weighted by Gasteiger charge is -2.02. The first-order valence-electron chi connectivity index (χ1n) is 5.85. The van der Waals surface area contributed by atoms with Crippen molar-refractivity contribution in [2.24, 2.45) is 0 Å². The lowest BCUT2D eigenvalue weighted by Crippen LogP contribution is -1.96. The molecule has 2 rings (SSSR count). The summed E-state index contributed by atoms with van der Waals surface area (Å²) in [4.78, 5) is 0.250. The van der Waals surface area contributed by atoms with Gasteiger partial charge in [0.25, 0.3) is 0 Å². The molecule has 2 aromatic rings. The monoisotopic (exact) mass is 400 g/mol. The molecule has 3 nitrogen and oxygen atoms in total. The predicted octanol–water partition coefficient (Wildman–Crippen LogP) is 3.74. The molecule has 0 spiro atoms. The van der Waals surface area contributed by atoms with Crippen LogP contribution in [0.4, 0.5) is 0 Å². The minimum Gasteiger partial charge on any atom is -0.497 e. The number of halogens is 1. The lowest BCUT2D eigenvalue weighted by atomic mass is 10.2. The molecule has 0 aliphatic heterocycles. The molecule has 0 amide bonds. The van der Waals surface area contributed by atoms with Gasteiger partial charge in [0.2, 0.25) is 0 Å². The largest absolute Gasteiger partial charge is 0.497 e. The third-order valence-electron chi connectivity index (χ3n) is 2.72. The van der Waals surface area contributed by atoms with E-state index in [4.69, 9.17) is 4.74 Å². The molecule has 0 fully saturated rings. The van der Waals surface area contributed by atoms with Crippen LogP contribution < -0.4 is 4.74 Å². The smallest absolute Gasteiger partial charge is 0.199 e. The highest BCUT2D eigenvalue weighted by atomic mass is 127. The van der Waals surface area contributed by atoms with E-state index in [9.17, 15) is 8.42 Å². The Morgan fingerprint density at radius 3 is 2.30 bits per heavy atom. The maximum absolute atomic E-state index is 12.2. The summed E-state index contributed by atoms with van der Waals surface area (Å²) in [5.41, 5.74) is 0.880. The van der Waals surface area contributed by atoms with Crippen molar-refractivity contribution in [3.05, 3.63) is 63.1 Å². The molecule has 0 atom stereocenters. The molecule has 0 saturated heterocycles. The Bertz CT molecular complexity index is 719. The van der Waals surface area contributed by atoms with Gasteiger partial charge in [-0.05, 0) is 64.6 Å². The topological polar surface area (TPSA) is 43.4 Å². The Kier molecular flexibility index (Phi) is 4.82. The second-order valence-corrected chi connectivity index (χ2v) is 7.04. The fraction of sp³-hybridized carbons (Fsp3) is 0.0667. The zero-order valence-corrected chi connectivity index (χ0v) is 13.8. The number of hydrogen-bond donors (Lipinski definition) is 0. The van der Waals surface area contributed by atoms with Crippen molar-refractivity contribution in [3.8, 4) is 5.75 Å². The van der Waals surface area contributed by atoms with Crippen LogP contribution in [0.15, 0.2) is 58.8 Å². The van der Waals surface area contributed by atoms with E-state index in [1.54, 1.807) is 25.3 Å². The standard InChI is InChI=1S/C15H13IO3S/c1-19-13-6-8-14(9-7-13)20(17,18)11-10-12-4-2-3-5-15(12)16/h2-11H,1H3. The number of ether oxygens (including phenoxy) is 1. The summed E-state index contributed by atoms with van der Waals surface area (Å²) in [7, 11) is -1.90. The summed E-state index contributed by atoms with van der Waals surface area (Å²) >= 11 is 2.17. The quantitative estimate of drug-likeness (QED) is 0.735. The van der Waals surface area contributed by atoms with Gasteiger partial charge < -0.3 is 4.74 Å². The van der Waals surface area contributed by atoms with Gasteiger partial charge in [0.05, 0.1) is 12.0 Å². The molecule has 5 heteroatoms. The van der Waals surface area contributed by atoms with Gasteiger partial charge in [-0.1, -0.05) is 18.2 Å². The molecule has 0 saturated carbocycles. The van der Waals surface area contributed by atoms with Crippen molar-refractivity contribution in [1.29, 1.82) is 0 Å². The maximum Gasteiger partial charge on any atom is 0.199 e. The second kappa shape index (κ2) is 6.41. The summed E-state index contributed by atoms with van der Waals surface area (Å²) in [6.45, 7) is 0. The molecule has 2 aromatic carbocycles. The summed E-state index contributed by atoms with van der Waals surface area (Å²) < 4.78 is 30.4. The maximum atomic E-state index is 12.2. The minimum absolute atomic E-state index is 0.250. The summed E-state index contributed by atoms with van der Waals surface area (Å²) in [6, 6.07) is 13.9. The van der Waals surface area contributed by atoms with E-state index in [1.165, 1.54) is 17.5 Å². The van der Waals surface area contributed by atoms with Crippen LogP contribution in [0.2, 0.25) is 0 Å². The highest BCUT2D eigenvalue weighted by Gasteiger charge is 2.10. The highest BCUT2D eigenvalue weighted by molar-refractivity contribution is 14.1. The van der Waals surface area contributed by atoms with Crippen LogP contribution in [0.5, 0.6) is 5.75 Å². The zero-order chi connectivity index (χ0) is 14.6. The molecule has 104 valence electrons. The third kappa shape index (κ3) is 3.61. The van der Waals surface area contributed by atoms with Gasteiger partial charge in [0.15, 0.2) is 9.84 Å². The number of sulfone groups is 1. The van der Waals surface area contributed by atoms with Gasteiger partial charge in [-0.15, -0.1) is 0 Å². The van der Waals surface area contributed by atoms with Crippen molar-refractivity contribution in [2.45, 2.75) is 4.90 Å². The molecule has 0 unspecified atom stereocenters. The van der Waals surface area contributed by atoms with Crippen molar-refractivity contribution in [3.63, 3.8) is 0 Å². The summed E-state index contributed by atoms with van der Waals surface area (Å²) in [5.74, 6) is 0.630. The molecule has 0 N–H and O–H groups in total. The SMILES string of the molecule is COc1ccc(S(=O)(=O)C=Cc2ccccc2I)cc1. The number of benzene rings is 2. The zero-order valence-electron chi connectivity index (χ0n) is 10.8. The number of methoxy groups -OCH3 is 1. The van der Waals surface area contributed by atoms with Crippen LogP contribution in [-0.4, -0.2) is 15.5 Å². The van der Waals surface area contributed by atoms with Crippen LogP contribution >= 0.6 is 22.6 Å². The lowest BCUT2D eigenvalue weighted by molar-refractivity contribution is 0.414. The Labute approximate surface area is 132 Å². The van der Waals surface area contributed by atoms with Gasteiger partial charge >= 0.3 is 0 Å². The first kappa shape index (κ1) is 15.1. The van der Waals surface area contributed by atoms with E-state index in [0.717, 1.165) is 9.13 Å². The third-order valence-corrected chi connectivity index (χ3v) is 5.13. The van der Waals surface area contributed by atoms with Crippen molar-refractivity contribution in [1.82, 2.24) is 0 Å². The predicted molar refractivity (Wildman–Crippen MR) is 88.4 cm³/mol. The number of rotatable bonds is 4. The molecule has 0 heterocycles. The van der Waals surface area contributed by atoms with Crippen LogP contribution in [-0.2, 0) is 9.84 Å². The van der Waals surface area contributed by atoms with Crippen LogP contribution in [0, 0.1) is 3.57 Å². The van der Waals surface area contributed by atoms with Crippen molar-refractivity contribution < 1.29 is 13.2 Å². The van der Waals surface area contributed by atoms with Gasteiger partial charge in [0.1, 0.15) is 5.75 Å². The molecule has 0 aromatic heterocycles. The Balaban J connectivity index is 2.29. The second-order valence-electron chi connectivity index (χ2n) is 4.04. The van der Waals surface area contributed by atoms with E-state index >= 15 is 0 Å². The van der Waals surface area contributed by atoms with E-state index in [-0.39, 0.29) is 4.90 Å². The molecular weight excluding hydrogens is 387 g/mol. The fourth-order valence-corrected chi connectivity index (χ4v) is 3.18. The molecule has 0 bridgehead atoms. The highest BCUT2D eigenvalue weighted by Crippen LogP contribution is 2.19. The van der Waals surface area contributed by atoms with Gasteiger partial charge in [-0.25, -0.2) is 8.42 Å². The van der Waals surface area contributed by atoms with Crippen molar-refractivity contribution in [2.75, 3.05) is 7.11 Å². The molecule has 0 radical (unpaired) electrons. The van der Waals surface area contributed by atoms with Gasteiger partial charge in [-0.3, -0.25) is 0 Å². The molecule has 0 aliphatic carbocycles. The van der Waals surface area contributed by atoms with Gasteiger partial charge in [0, 0.05) is 8.98 Å². The first-order valence-corrected chi connectivity index (χ1v) is 8.47. The van der Waals surface area contributed by atoms with Gasteiger partial charge in [-0.2, -0.15) is 0 Å². The van der Waals surface area contributed by atoms with Crippen LogP contribution in [0.1, 0.15) is 5.56 Å².